The number of benzene rings is 3. The largest absolute Gasteiger partial charge is 0.508 e. The van der Waals surface area contributed by atoms with Crippen molar-refractivity contribution in [3.05, 3.63) is 81.4 Å². The number of anilines is 1. The molecule has 0 fully saturated rings. The number of ether oxygens (including phenoxy) is 1. The van der Waals surface area contributed by atoms with E-state index in [0.717, 1.165) is 29.5 Å². The second kappa shape index (κ2) is 19.8. The number of hydrogen-bond donors (Lipinski definition) is 5. The van der Waals surface area contributed by atoms with E-state index in [2.05, 4.69) is 10.6 Å². The van der Waals surface area contributed by atoms with Crippen molar-refractivity contribution in [1.82, 2.24) is 5.32 Å². The average Bonchev–Trinajstić information content (AvgIpc) is 2.99. The van der Waals surface area contributed by atoms with Crippen molar-refractivity contribution in [3.8, 4) is 16.9 Å². The van der Waals surface area contributed by atoms with Gasteiger partial charge in [-0.1, -0.05) is 30.7 Å². The minimum atomic E-state index is -1.16. The topological polar surface area (TPSA) is 162 Å². The average molecular weight is 603 g/mol. The number of carboxylic acid groups (broad SMARTS) is 1. The number of aldehydes is 1. The van der Waals surface area contributed by atoms with Crippen molar-refractivity contribution in [3.63, 3.8) is 0 Å². The number of esters is 1. The number of aromatic carboxylic acids is 1. The molecule has 0 aliphatic carbocycles. The normalized spacial score (nSPS) is 10.3. The SMILES string of the molecule is C=O.CCc1cc(C(=O)O)c(C=O)cc1O.CNCC(C)OC(=O)c1ccc(-c2ccc(Cl)cc2C)cc1NC.CO. The summed E-state index contributed by atoms with van der Waals surface area (Å²) in [6.07, 6.45) is 0.749. The third kappa shape index (κ3) is 11.0. The molecule has 0 heterocycles. The van der Waals surface area contributed by atoms with Crippen LogP contribution in [-0.2, 0) is 16.0 Å². The second-order valence-electron chi connectivity index (χ2n) is 8.59. The number of hydrogen-bond acceptors (Lipinski definition) is 9. The molecule has 1 unspecified atom stereocenters. The van der Waals surface area contributed by atoms with Crippen LogP contribution in [-0.4, -0.2) is 74.2 Å². The maximum Gasteiger partial charge on any atom is 0.340 e. The predicted molar refractivity (Wildman–Crippen MR) is 165 cm³/mol. The van der Waals surface area contributed by atoms with Crippen molar-refractivity contribution < 1.29 is 39.2 Å². The van der Waals surface area contributed by atoms with Gasteiger partial charge in [-0.2, -0.15) is 0 Å². The Hall–Kier alpha value is -4.25. The van der Waals surface area contributed by atoms with Crippen molar-refractivity contribution in [2.45, 2.75) is 33.3 Å². The zero-order valence-corrected chi connectivity index (χ0v) is 25.4. The van der Waals surface area contributed by atoms with Crippen LogP contribution >= 0.6 is 11.6 Å². The summed E-state index contributed by atoms with van der Waals surface area (Å²) >= 11 is 6.03. The zero-order valence-electron chi connectivity index (χ0n) is 24.7. The van der Waals surface area contributed by atoms with Gasteiger partial charge >= 0.3 is 11.9 Å². The van der Waals surface area contributed by atoms with Gasteiger partial charge < -0.3 is 35.5 Å². The molecule has 0 amide bonds. The summed E-state index contributed by atoms with van der Waals surface area (Å²) in [5.41, 5.74) is 4.89. The molecular weight excluding hydrogens is 564 g/mol. The molecule has 0 spiro atoms. The quantitative estimate of drug-likeness (QED) is 0.166. The maximum absolute atomic E-state index is 12.4. The fourth-order valence-electron chi connectivity index (χ4n) is 3.84. The molecule has 0 saturated heterocycles. The van der Waals surface area contributed by atoms with Crippen LogP contribution < -0.4 is 10.6 Å². The summed E-state index contributed by atoms with van der Waals surface area (Å²) in [6, 6.07) is 14.0. The number of halogens is 1. The van der Waals surface area contributed by atoms with Crippen LogP contribution in [0.25, 0.3) is 11.1 Å². The van der Waals surface area contributed by atoms with Crippen LogP contribution in [0.15, 0.2) is 48.5 Å². The number of aryl methyl sites for hydroxylation is 2. The molecule has 0 bridgehead atoms. The number of aromatic hydroxyl groups is 1. The predicted octanol–water partition coefficient (Wildman–Crippen LogP) is 5.01. The van der Waals surface area contributed by atoms with E-state index in [9.17, 15) is 19.5 Å². The Labute approximate surface area is 251 Å². The van der Waals surface area contributed by atoms with E-state index in [1.165, 1.54) is 12.1 Å². The lowest BCUT2D eigenvalue weighted by Gasteiger charge is -2.16. The molecule has 1 atom stereocenters. The highest BCUT2D eigenvalue weighted by Crippen LogP contribution is 2.30. The van der Waals surface area contributed by atoms with Gasteiger partial charge in [0, 0.05) is 37.0 Å². The van der Waals surface area contributed by atoms with Crippen molar-refractivity contribution in [2.75, 3.05) is 33.1 Å². The lowest BCUT2D eigenvalue weighted by atomic mass is 9.98. The summed E-state index contributed by atoms with van der Waals surface area (Å²) in [6.45, 7) is 8.28. The molecule has 11 heteroatoms. The second-order valence-corrected chi connectivity index (χ2v) is 9.02. The van der Waals surface area contributed by atoms with Gasteiger partial charge in [-0.15, -0.1) is 0 Å². The Morgan fingerprint density at radius 2 is 1.69 bits per heavy atom. The number of phenols is 1. The Morgan fingerprint density at radius 1 is 1.05 bits per heavy atom. The van der Waals surface area contributed by atoms with Gasteiger partial charge in [-0.25, -0.2) is 9.59 Å². The Bertz CT molecular complexity index is 1330. The monoisotopic (exact) mass is 602 g/mol. The van der Waals surface area contributed by atoms with E-state index in [4.69, 9.17) is 31.3 Å². The van der Waals surface area contributed by atoms with Gasteiger partial charge in [-0.3, -0.25) is 4.79 Å². The summed E-state index contributed by atoms with van der Waals surface area (Å²) in [5.74, 6) is -1.54. The van der Waals surface area contributed by atoms with Crippen LogP contribution in [0.2, 0.25) is 5.02 Å². The van der Waals surface area contributed by atoms with Crippen molar-refractivity contribution >= 4 is 42.3 Å². The van der Waals surface area contributed by atoms with Gasteiger partial charge in [0.05, 0.1) is 11.1 Å². The number of phenolic OH excluding ortho intramolecular Hbond substituents is 1. The third-order valence-corrected chi connectivity index (χ3v) is 6.03. The lowest BCUT2D eigenvalue weighted by molar-refractivity contribution is -0.0980. The van der Waals surface area contributed by atoms with Gasteiger partial charge in [-0.05, 0) is 86.0 Å². The molecule has 0 aliphatic heterocycles. The molecule has 3 rings (SSSR count). The highest BCUT2D eigenvalue weighted by atomic mass is 35.5. The van der Waals surface area contributed by atoms with Crippen LogP contribution in [0.5, 0.6) is 5.75 Å². The molecule has 3 aromatic rings. The molecule has 10 nitrogen and oxygen atoms in total. The highest BCUT2D eigenvalue weighted by molar-refractivity contribution is 6.30. The lowest BCUT2D eigenvalue weighted by Crippen LogP contribution is -2.26. The maximum atomic E-state index is 12.4. The summed E-state index contributed by atoms with van der Waals surface area (Å²) in [5, 5.41) is 31.9. The molecular formula is C31H39ClN2O8. The van der Waals surface area contributed by atoms with Crippen LogP contribution in [0.3, 0.4) is 0 Å². The first-order valence-corrected chi connectivity index (χ1v) is 13.2. The van der Waals surface area contributed by atoms with Crippen molar-refractivity contribution in [1.29, 1.82) is 0 Å². The number of aliphatic hydroxyl groups excluding tert-OH is 1. The molecule has 228 valence electrons. The van der Waals surface area contributed by atoms with E-state index < -0.39 is 5.97 Å². The highest BCUT2D eigenvalue weighted by Gasteiger charge is 2.17. The van der Waals surface area contributed by atoms with E-state index in [0.29, 0.717) is 35.4 Å². The minimum absolute atomic E-state index is 0.00722. The van der Waals surface area contributed by atoms with E-state index >= 15 is 0 Å². The summed E-state index contributed by atoms with van der Waals surface area (Å²) < 4.78 is 5.45. The van der Waals surface area contributed by atoms with Crippen LogP contribution in [0.4, 0.5) is 5.69 Å². The molecule has 0 saturated carbocycles. The number of rotatable bonds is 9. The fourth-order valence-corrected chi connectivity index (χ4v) is 4.06. The molecule has 0 aromatic heterocycles. The molecule has 0 radical (unpaired) electrons. The Balaban J connectivity index is 0.000000795. The third-order valence-electron chi connectivity index (χ3n) is 5.80. The number of likely N-dealkylation sites (N-methyl/N-ethyl adjacent to an activating group) is 1. The first-order chi connectivity index (χ1) is 20.1. The molecule has 3 aromatic carbocycles. The number of carbonyl (C=O) groups is 4. The number of aliphatic hydroxyl groups is 1. The number of carboxylic acids is 1. The minimum Gasteiger partial charge on any atom is -0.508 e. The fraction of sp³-hybridized carbons (Fsp3) is 0.290. The first kappa shape index (κ1) is 37.8. The molecule has 42 heavy (non-hydrogen) atoms. The molecule has 0 aliphatic rings. The van der Waals surface area contributed by atoms with Crippen molar-refractivity contribution in [2.24, 2.45) is 0 Å². The smallest absolute Gasteiger partial charge is 0.340 e. The molecule has 5 N–H and O–H groups in total. The van der Waals surface area contributed by atoms with Crippen LogP contribution in [0.1, 0.15) is 56.0 Å². The van der Waals surface area contributed by atoms with Crippen LogP contribution in [0, 0.1) is 6.92 Å². The van der Waals surface area contributed by atoms with Gasteiger partial charge in [0.2, 0.25) is 0 Å². The standard InChI is InChI=1S/C19H23ClN2O2.C10H10O4.CH4O.CH2O/c1-12-9-15(20)6-8-16(12)14-5-7-17(18(10-14)22-4)19(23)24-13(2)11-21-3;1-2-6-3-8(10(13)14)7(5-11)4-9(6)12;2*1-2/h5-10,13,21-22H,11H2,1-4H3;3-5,12H,2H2,1H3,(H,13,14);2H,1H3;1H2. The van der Waals surface area contributed by atoms with E-state index in [-0.39, 0.29) is 28.9 Å². The Morgan fingerprint density at radius 3 is 2.19 bits per heavy atom. The summed E-state index contributed by atoms with van der Waals surface area (Å²) in [4.78, 5) is 41.6. The summed E-state index contributed by atoms with van der Waals surface area (Å²) in [7, 11) is 4.62. The van der Waals surface area contributed by atoms with E-state index in [1.54, 1.807) is 20.0 Å². The van der Waals surface area contributed by atoms with Gasteiger partial charge in [0.1, 0.15) is 18.6 Å². The zero-order chi connectivity index (χ0) is 32.4. The first-order valence-electron chi connectivity index (χ1n) is 12.8. The Kier molecular flexibility index (Phi) is 17.8. The number of carbonyl (C=O) groups excluding carboxylic acids is 3. The van der Waals surface area contributed by atoms with Gasteiger partial charge in [0.15, 0.2) is 6.29 Å². The van der Waals surface area contributed by atoms with E-state index in [1.807, 2.05) is 58.0 Å². The van der Waals surface area contributed by atoms with Gasteiger partial charge in [0.25, 0.3) is 0 Å². The number of nitrogens with one attached hydrogen (secondary N) is 2.